The average Bonchev–Trinajstić information content (AvgIpc) is 2.45. The van der Waals surface area contributed by atoms with Crippen LogP contribution in [0, 0.1) is 5.41 Å². The maximum absolute atomic E-state index is 12.3. The predicted octanol–water partition coefficient (Wildman–Crippen LogP) is 3.53. The second kappa shape index (κ2) is 7.47. The highest BCUT2D eigenvalue weighted by molar-refractivity contribution is 5.94. The molecule has 2 N–H and O–H groups in total. The van der Waals surface area contributed by atoms with Crippen LogP contribution < -0.4 is 10.6 Å². The summed E-state index contributed by atoms with van der Waals surface area (Å²) in [6.45, 7) is 11.6. The van der Waals surface area contributed by atoms with Crippen LogP contribution in [0.1, 0.15) is 56.5 Å². The van der Waals surface area contributed by atoms with Crippen molar-refractivity contribution >= 4 is 18.3 Å². The quantitative estimate of drug-likeness (QED) is 0.893. The maximum Gasteiger partial charge on any atom is 0.251 e. The maximum atomic E-state index is 12.3. The van der Waals surface area contributed by atoms with Gasteiger partial charge in [-0.3, -0.25) is 4.79 Å². The zero-order chi connectivity index (χ0) is 15.5. The molecule has 1 atom stereocenters. The van der Waals surface area contributed by atoms with Crippen LogP contribution in [0.2, 0.25) is 0 Å². The molecule has 0 aliphatic carbocycles. The Kier molecular flexibility index (Phi) is 6.45. The molecule has 0 bridgehead atoms. The van der Waals surface area contributed by atoms with Gasteiger partial charge in [0, 0.05) is 18.7 Å². The van der Waals surface area contributed by atoms with Gasteiger partial charge in [-0.1, -0.05) is 39.8 Å². The first-order chi connectivity index (χ1) is 9.80. The summed E-state index contributed by atoms with van der Waals surface area (Å²) in [5.41, 5.74) is 2.30. The minimum Gasteiger partial charge on any atom is -0.351 e. The van der Waals surface area contributed by atoms with Crippen LogP contribution >= 0.6 is 12.4 Å². The van der Waals surface area contributed by atoms with Crippen molar-refractivity contribution in [1.82, 2.24) is 10.6 Å². The highest BCUT2D eigenvalue weighted by Crippen LogP contribution is 2.25. The smallest absolute Gasteiger partial charge is 0.251 e. The third kappa shape index (κ3) is 4.99. The molecule has 2 rings (SSSR count). The van der Waals surface area contributed by atoms with E-state index in [0.717, 1.165) is 25.2 Å². The summed E-state index contributed by atoms with van der Waals surface area (Å²) in [5, 5.41) is 6.50. The second-order valence-corrected chi connectivity index (χ2v) is 7.60. The average molecular weight is 325 g/mol. The molecule has 1 aromatic rings. The number of carbonyl (C=O) groups excluding carboxylic acids is 1. The Morgan fingerprint density at radius 3 is 2.41 bits per heavy atom. The van der Waals surface area contributed by atoms with Crippen LogP contribution in [0.25, 0.3) is 0 Å². The van der Waals surface area contributed by atoms with Crippen LogP contribution in [-0.2, 0) is 5.41 Å². The minimum absolute atomic E-state index is 0. The van der Waals surface area contributed by atoms with Crippen LogP contribution in [0.4, 0.5) is 0 Å². The van der Waals surface area contributed by atoms with Gasteiger partial charge in [0.2, 0.25) is 0 Å². The van der Waals surface area contributed by atoms with Crippen molar-refractivity contribution in [3.63, 3.8) is 0 Å². The number of piperidine rings is 1. The molecule has 1 heterocycles. The van der Waals surface area contributed by atoms with Crippen LogP contribution in [0.5, 0.6) is 0 Å². The molecule has 1 amide bonds. The van der Waals surface area contributed by atoms with Crippen molar-refractivity contribution in [3.8, 4) is 0 Å². The topological polar surface area (TPSA) is 41.1 Å². The van der Waals surface area contributed by atoms with Gasteiger partial charge in [-0.25, -0.2) is 0 Å². The Balaban J connectivity index is 0.00000242. The SMILES string of the molecule is CC1(CNC(=O)c2ccc(C(C)(C)C)cc2)CCCNC1.Cl. The molecule has 1 aromatic carbocycles. The highest BCUT2D eigenvalue weighted by atomic mass is 35.5. The molecule has 0 spiro atoms. The number of rotatable bonds is 3. The van der Waals surface area contributed by atoms with Gasteiger partial charge in [-0.2, -0.15) is 0 Å². The Labute approximate surface area is 140 Å². The standard InChI is InChI=1S/C18H28N2O.ClH/c1-17(2,3)15-8-6-14(7-9-15)16(21)20-13-18(4)10-5-11-19-12-18;/h6-9,19H,5,10-13H2,1-4H3,(H,20,21);1H. The number of carbonyl (C=O) groups is 1. The van der Waals surface area contributed by atoms with E-state index in [2.05, 4.69) is 50.5 Å². The van der Waals surface area contributed by atoms with E-state index >= 15 is 0 Å². The fourth-order valence-electron chi connectivity index (χ4n) is 2.79. The summed E-state index contributed by atoms with van der Waals surface area (Å²) >= 11 is 0. The Morgan fingerprint density at radius 2 is 1.91 bits per heavy atom. The summed E-state index contributed by atoms with van der Waals surface area (Å²) in [6.07, 6.45) is 2.36. The first-order valence-electron chi connectivity index (χ1n) is 7.90. The molecule has 1 saturated heterocycles. The molecule has 0 aromatic heterocycles. The summed E-state index contributed by atoms with van der Waals surface area (Å²) in [4.78, 5) is 12.3. The molecular formula is C18H29ClN2O. The van der Waals surface area contributed by atoms with Gasteiger partial charge in [0.25, 0.3) is 5.91 Å². The monoisotopic (exact) mass is 324 g/mol. The van der Waals surface area contributed by atoms with E-state index in [1.165, 1.54) is 18.4 Å². The fourth-order valence-corrected chi connectivity index (χ4v) is 2.79. The molecule has 1 unspecified atom stereocenters. The first kappa shape index (κ1) is 19.0. The number of hydrogen-bond acceptors (Lipinski definition) is 2. The molecule has 22 heavy (non-hydrogen) atoms. The fraction of sp³-hybridized carbons (Fsp3) is 0.611. The zero-order valence-corrected chi connectivity index (χ0v) is 15.0. The van der Waals surface area contributed by atoms with Crippen LogP contribution in [0.3, 0.4) is 0 Å². The van der Waals surface area contributed by atoms with E-state index in [0.29, 0.717) is 0 Å². The second-order valence-electron chi connectivity index (χ2n) is 7.60. The van der Waals surface area contributed by atoms with Crippen molar-refractivity contribution in [3.05, 3.63) is 35.4 Å². The third-order valence-corrected chi connectivity index (χ3v) is 4.37. The lowest BCUT2D eigenvalue weighted by Crippen LogP contribution is -2.45. The van der Waals surface area contributed by atoms with Gasteiger partial charge < -0.3 is 10.6 Å². The van der Waals surface area contributed by atoms with E-state index in [1.807, 2.05) is 12.1 Å². The Morgan fingerprint density at radius 1 is 1.27 bits per heavy atom. The van der Waals surface area contributed by atoms with E-state index in [1.54, 1.807) is 0 Å². The van der Waals surface area contributed by atoms with Crippen molar-refractivity contribution in [2.24, 2.45) is 5.41 Å². The number of hydrogen-bond donors (Lipinski definition) is 2. The lowest BCUT2D eigenvalue weighted by molar-refractivity contribution is 0.0924. The van der Waals surface area contributed by atoms with Gasteiger partial charge >= 0.3 is 0 Å². The van der Waals surface area contributed by atoms with Crippen molar-refractivity contribution in [2.45, 2.75) is 46.0 Å². The van der Waals surface area contributed by atoms with Gasteiger partial charge in [0.15, 0.2) is 0 Å². The normalized spacial score (nSPS) is 21.8. The molecule has 1 fully saturated rings. The summed E-state index contributed by atoms with van der Waals surface area (Å²) in [5.74, 6) is 0.0299. The lowest BCUT2D eigenvalue weighted by Gasteiger charge is -2.34. The predicted molar refractivity (Wildman–Crippen MR) is 94.9 cm³/mol. The van der Waals surface area contributed by atoms with Crippen molar-refractivity contribution < 1.29 is 4.79 Å². The number of nitrogens with one attached hydrogen (secondary N) is 2. The van der Waals surface area contributed by atoms with Crippen LogP contribution in [0.15, 0.2) is 24.3 Å². The van der Waals surface area contributed by atoms with Crippen molar-refractivity contribution in [2.75, 3.05) is 19.6 Å². The summed E-state index contributed by atoms with van der Waals surface area (Å²) in [6, 6.07) is 7.96. The summed E-state index contributed by atoms with van der Waals surface area (Å²) < 4.78 is 0. The lowest BCUT2D eigenvalue weighted by atomic mass is 9.82. The van der Waals surface area contributed by atoms with E-state index in [4.69, 9.17) is 0 Å². The van der Waals surface area contributed by atoms with E-state index in [9.17, 15) is 4.79 Å². The van der Waals surface area contributed by atoms with Crippen molar-refractivity contribution in [1.29, 1.82) is 0 Å². The molecular weight excluding hydrogens is 296 g/mol. The molecule has 3 nitrogen and oxygen atoms in total. The van der Waals surface area contributed by atoms with Gasteiger partial charge in [-0.15, -0.1) is 12.4 Å². The summed E-state index contributed by atoms with van der Waals surface area (Å²) in [7, 11) is 0. The number of amides is 1. The first-order valence-corrected chi connectivity index (χ1v) is 7.90. The minimum atomic E-state index is 0. The zero-order valence-electron chi connectivity index (χ0n) is 14.2. The largest absolute Gasteiger partial charge is 0.351 e. The van der Waals surface area contributed by atoms with Gasteiger partial charge in [0.1, 0.15) is 0 Å². The van der Waals surface area contributed by atoms with Gasteiger partial charge in [0.05, 0.1) is 0 Å². The van der Waals surface area contributed by atoms with E-state index in [-0.39, 0.29) is 29.1 Å². The molecule has 0 radical (unpaired) electrons. The number of halogens is 1. The Bertz CT molecular complexity index is 485. The highest BCUT2D eigenvalue weighted by Gasteiger charge is 2.27. The molecule has 124 valence electrons. The molecule has 1 aliphatic rings. The van der Waals surface area contributed by atoms with Gasteiger partial charge in [-0.05, 0) is 47.9 Å². The molecule has 1 aliphatic heterocycles. The van der Waals surface area contributed by atoms with E-state index < -0.39 is 0 Å². The molecule has 4 heteroatoms. The Hall–Kier alpha value is -1.06. The number of benzene rings is 1. The van der Waals surface area contributed by atoms with Crippen LogP contribution in [-0.4, -0.2) is 25.5 Å². The molecule has 0 saturated carbocycles. The third-order valence-electron chi connectivity index (χ3n) is 4.37.